The average Bonchev–Trinajstić information content (AvgIpc) is 2.76. The van der Waals surface area contributed by atoms with Gasteiger partial charge in [0, 0.05) is 30.8 Å². The number of hydrogen-bond acceptors (Lipinski definition) is 5. The highest BCUT2D eigenvalue weighted by atomic mass is 16.6. The maximum absolute atomic E-state index is 12.8. The number of amides is 1. The molecule has 2 aromatic carbocycles. The number of nitro groups is 1. The highest BCUT2D eigenvalue weighted by Crippen LogP contribution is 2.37. The Morgan fingerprint density at radius 2 is 1.93 bits per heavy atom. The molecule has 160 valence electrons. The number of unbranched alkanes of at least 4 members (excludes halogenated alkanes) is 2. The van der Waals surface area contributed by atoms with Gasteiger partial charge in [-0.1, -0.05) is 38.0 Å². The molecule has 1 aliphatic rings. The van der Waals surface area contributed by atoms with Gasteiger partial charge in [-0.3, -0.25) is 14.9 Å². The maximum Gasteiger partial charge on any atom is 0.269 e. The average molecular weight is 412 g/mol. The van der Waals surface area contributed by atoms with Gasteiger partial charge in [-0.25, -0.2) is 0 Å². The Balaban J connectivity index is 1.68. The van der Waals surface area contributed by atoms with Crippen LogP contribution < -0.4 is 9.47 Å². The summed E-state index contributed by atoms with van der Waals surface area (Å²) >= 11 is 0. The second kappa shape index (κ2) is 10.1. The lowest BCUT2D eigenvalue weighted by Gasteiger charge is -2.30. The first-order chi connectivity index (χ1) is 14.5. The summed E-state index contributed by atoms with van der Waals surface area (Å²) in [6.45, 7) is 3.95. The maximum atomic E-state index is 12.8. The van der Waals surface area contributed by atoms with E-state index in [4.69, 9.17) is 9.47 Å². The minimum absolute atomic E-state index is 0.00994. The molecule has 1 amide bonds. The molecular weight excluding hydrogens is 384 g/mol. The van der Waals surface area contributed by atoms with Gasteiger partial charge >= 0.3 is 0 Å². The van der Waals surface area contributed by atoms with Crippen molar-refractivity contribution in [2.75, 3.05) is 20.3 Å². The third-order valence-corrected chi connectivity index (χ3v) is 5.38. The summed E-state index contributed by atoms with van der Waals surface area (Å²) < 4.78 is 11.6. The number of non-ortho nitro benzene ring substituents is 1. The standard InChI is InChI=1S/C23H28N2O5/c1-3-4-5-14-30-23-20-12-13-24(16-18(20)8-11-21(23)29-2)22(26)15-17-6-9-19(10-7-17)25(27)28/h6-11H,3-5,12-16H2,1-2H3. The number of methoxy groups -OCH3 is 1. The van der Waals surface area contributed by atoms with Gasteiger partial charge in [0.05, 0.1) is 25.1 Å². The molecule has 2 aromatic rings. The normalized spacial score (nSPS) is 12.9. The number of hydrogen-bond donors (Lipinski definition) is 0. The predicted molar refractivity (Wildman–Crippen MR) is 114 cm³/mol. The van der Waals surface area contributed by atoms with Crippen LogP contribution in [0.3, 0.4) is 0 Å². The molecule has 1 heterocycles. The summed E-state index contributed by atoms with van der Waals surface area (Å²) in [4.78, 5) is 25.0. The van der Waals surface area contributed by atoms with E-state index in [9.17, 15) is 14.9 Å². The SMILES string of the molecule is CCCCCOc1c(OC)ccc2c1CCN(C(=O)Cc1ccc([N+](=O)[O-])cc1)C2. The summed E-state index contributed by atoms with van der Waals surface area (Å²) in [5.74, 6) is 1.54. The minimum atomic E-state index is -0.441. The van der Waals surface area contributed by atoms with Crippen LogP contribution in [-0.4, -0.2) is 36.0 Å². The van der Waals surface area contributed by atoms with Crippen molar-refractivity contribution < 1.29 is 19.2 Å². The first-order valence-corrected chi connectivity index (χ1v) is 10.4. The molecule has 0 aliphatic carbocycles. The number of ether oxygens (including phenoxy) is 2. The molecule has 7 nitrogen and oxygen atoms in total. The lowest BCUT2D eigenvalue weighted by Crippen LogP contribution is -2.37. The van der Waals surface area contributed by atoms with Crippen molar-refractivity contribution in [3.63, 3.8) is 0 Å². The number of carbonyl (C=O) groups is 1. The number of nitrogens with zero attached hydrogens (tertiary/aromatic N) is 2. The van der Waals surface area contributed by atoms with E-state index >= 15 is 0 Å². The van der Waals surface area contributed by atoms with Crippen molar-refractivity contribution in [3.8, 4) is 11.5 Å². The third kappa shape index (κ3) is 5.09. The Morgan fingerprint density at radius 1 is 1.17 bits per heavy atom. The topological polar surface area (TPSA) is 81.9 Å². The first-order valence-electron chi connectivity index (χ1n) is 10.4. The molecule has 0 saturated heterocycles. The molecule has 0 radical (unpaired) electrons. The van der Waals surface area contributed by atoms with Crippen molar-refractivity contribution in [2.45, 2.75) is 45.6 Å². The second-order valence-electron chi connectivity index (χ2n) is 7.46. The zero-order valence-electron chi connectivity index (χ0n) is 17.6. The van der Waals surface area contributed by atoms with Crippen molar-refractivity contribution in [1.29, 1.82) is 0 Å². The van der Waals surface area contributed by atoms with Crippen LogP contribution in [0.5, 0.6) is 11.5 Å². The van der Waals surface area contributed by atoms with Crippen molar-refractivity contribution >= 4 is 11.6 Å². The van der Waals surface area contributed by atoms with Crippen LogP contribution in [0.1, 0.15) is 42.9 Å². The molecule has 0 aromatic heterocycles. The molecule has 30 heavy (non-hydrogen) atoms. The van der Waals surface area contributed by atoms with E-state index in [1.807, 2.05) is 17.0 Å². The van der Waals surface area contributed by atoms with Crippen molar-refractivity contribution in [1.82, 2.24) is 4.90 Å². The second-order valence-corrected chi connectivity index (χ2v) is 7.46. The molecular formula is C23H28N2O5. The predicted octanol–water partition coefficient (Wildman–Crippen LogP) is 4.30. The molecule has 0 spiro atoms. The summed E-state index contributed by atoms with van der Waals surface area (Å²) in [6, 6.07) is 10.0. The molecule has 7 heteroatoms. The Morgan fingerprint density at radius 3 is 2.60 bits per heavy atom. The van der Waals surface area contributed by atoms with Gasteiger partial charge in [0.25, 0.3) is 5.69 Å². The smallest absolute Gasteiger partial charge is 0.269 e. The van der Waals surface area contributed by atoms with Gasteiger partial charge in [0.2, 0.25) is 5.91 Å². The molecule has 0 saturated carbocycles. The van der Waals surface area contributed by atoms with E-state index in [0.29, 0.717) is 26.1 Å². The Kier molecular flexibility index (Phi) is 7.27. The van der Waals surface area contributed by atoms with E-state index < -0.39 is 4.92 Å². The van der Waals surface area contributed by atoms with Crippen LogP contribution in [0.4, 0.5) is 5.69 Å². The lowest BCUT2D eigenvalue weighted by atomic mass is 9.97. The van der Waals surface area contributed by atoms with E-state index in [1.165, 1.54) is 12.1 Å². The summed E-state index contributed by atoms with van der Waals surface area (Å²) in [6.07, 6.45) is 4.20. The highest BCUT2D eigenvalue weighted by Gasteiger charge is 2.25. The molecule has 0 atom stereocenters. The van der Waals surface area contributed by atoms with E-state index in [2.05, 4.69) is 6.92 Å². The minimum Gasteiger partial charge on any atom is -0.493 e. The Labute approximate surface area is 176 Å². The van der Waals surface area contributed by atoms with Gasteiger partial charge < -0.3 is 14.4 Å². The molecule has 0 N–H and O–H groups in total. The van der Waals surface area contributed by atoms with E-state index in [-0.39, 0.29) is 18.0 Å². The van der Waals surface area contributed by atoms with Gasteiger partial charge in [0.1, 0.15) is 0 Å². The zero-order chi connectivity index (χ0) is 21.5. The van der Waals surface area contributed by atoms with Crippen molar-refractivity contribution in [2.24, 2.45) is 0 Å². The van der Waals surface area contributed by atoms with Crippen LogP contribution >= 0.6 is 0 Å². The lowest BCUT2D eigenvalue weighted by molar-refractivity contribution is -0.384. The zero-order valence-corrected chi connectivity index (χ0v) is 17.6. The monoisotopic (exact) mass is 412 g/mol. The molecule has 0 bridgehead atoms. The quantitative estimate of drug-likeness (QED) is 0.348. The Hall–Kier alpha value is -3.09. The van der Waals surface area contributed by atoms with Gasteiger partial charge in [0.15, 0.2) is 11.5 Å². The van der Waals surface area contributed by atoms with Crippen molar-refractivity contribution in [3.05, 3.63) is 63.2 Å². The highest BCUT2D eigenvalue weighted by molar-refractivity contribution is 5.79. The summed E-state index contributed by atoms with van der Waals surface area (Å²) in [5, 5.41) is 10.8. The molecule has 1 aliphatic heterocycles. The first kappa shape index (κ1) is 21.6. The van der Waals surface area contributed by atoms with Crippen LogP contribution in [0.15, 0.2) is 36.4 Å². The van der Waals surface area contributed by atoms with Crippen LogP contribution in [0, 0.1) is 10.1 Å². The van der Waals surface area contributed by atoms with Gasteiger partial charge in [-0.2, -0.15) is 0 Å². The summed E-state index contributed by atoms with van der Waals surface area (Å²) in [5.41, 5.74) is 2.99. The largest absolute Gasteiger partial charge is 0.493 e. The van der Waals surface area contributed by atoms with Crippen LogP contribution in [-0.2, 0) is 24.2 Å². The number of benzene rings is 2. The van der Waals surface area contributed by atoms with E-state index in [1.54, 1.807) is 19.2 Å². The fraction of sp³-hybridized carbons (Fsp3) is 0.435. The third-order valence-electron chi connectivity index (χ3n) is 5.38. The number of nitro benzene ring substituents is 1. The van der Waals surface area contributed by atoms with Gasteiger partial charge in [-0.05, 0) is 30.0 Å². The number of fused-ring (bicyclic) bond motifs is 1. The fourth-order valence-electron chi connectivity index (χ4n) is 3.68. The van der Waals surface area contributed by atoms with Gasteiger partial charge in [-0.15, -0.1) is 0 Å². The van der Waals surface area contributed by atoms with Crippen LogP contribution in [0.2, 0.25) is 0 Å². The molecule has 3 rings (SSSR count). The van der Waals surface area contributed by atoms with E-state index in [0.717, 1.165) is 47.5 Å². The Bertz CT molecular complexity index is 895. The number of carbonyl (C=O) groups excluding carboxylic acids is 1. The summed E-state index contributed by atoms with van der Waals surface area (Å²) in [7, 11) is 1.64. The molecule has 0 fully saturated rings. The number of rotatable bonds is 9. The fourth-order valence-corrected chi connectivity index (χ4v) is 3.68. The molecule has 0 unspecified atom stereocenters. The van der Waals surface area contributed by atoms with Crippen LogP contribution in [0.25, 0.3) is 0 Å².